The minimum Gasteiger partial charge on any atom is -0.463 e. The molecule has 0 atom stereocenters. The van der Waals surface area contributed by atoms with E-state index < -0.39 is 5.97 Å². The first-order valence-electron chi connectivity index (χ1n) is 5.50. The summed E-state index contributed by atoms with van der Waals surface area (Å²) in [5.41, 5.74) is 1.32. The normalized spacial score (nSPS) is 17.1. The molecule has 88 valence electrons. The first-order valence-corrected chi connectivity index (χ1v) is 5.50. The summed E-state index contributed by atoms with van der Waals surface area (Å²) in [5.74, 6) is -0.115. The van der Waals surface area contributed by atoms with Gasteiger partial charge < -0.3 is 14.5 Å². The molecule has 1 aromatic rings. The molecule has 0 aromatic carbocycles. The van der Waals surface area contributed by atoms with E-state index in [9.17, 15) is 4.79 Å². The zero-order chi connectivity index (χ0) is 11.6. The van der Waals surface area contributed by atoms with E-state index in [0.29, 0.717) is 17.7 Å². The first kappa shape index (κ1) is 11.2. The van der Waals surface area contributed by atoms with Gasteiger partial charge in [-0.2, -0.15) is 0 Å². The van der Waals surface area contributed by atoms with Gasteiger partial charge in [0, 0.05) is 18.7 Å². The van der Waals surface area contributed by atoms with Crippen molar-refractivity contribution < 1.29 is 13.9 Å². The summed E-state index contributed by atoms with van der Waals surface area (Å²) in [4.78, 5) is 11.3. The molecule has 1 saturated carbocycles. The molecule has 1 aliphatic carbocycles. The Hall–Kier alpha value is -1.29. The van der Waals surface area contributed by atoms with Crippen molar-refractivity contribution >= 4 is 5.97 Å². The summed E-state index contributed by atoms with van der Waals surface area (Å²) in [7, 11) is 1.35. The number of ether oxygens (including phenoxy) is 1. The highest BCUT2D eigenvalue weighted by molar-refractivity contribution is 5.87. The van der Waals surface area contributed by atoms with Gasteiger partial charge >= 0.3 is 5.97 Å². The van der Waals surface area contributed by atoms with Gasteiger partial charge in [0.05, 0.1) is 13.4 Å². The zero-order valence-electron chi connectivity index (χ0n) is 9.71. The molecule has 0 bridgehead atoms. The van der Waals surface area contributed by atoms with Gasteiger partial charge in [-0.05, 0) is 24.3 Å². The summed E-state index contributed by atoms with van der Waals surface area (Å²) in [6, 6.07) is 1.80. The Kier molecular flexibility index (Phi) is 3.01. The van der Waals surface area contributed by atoms with Crippen LogP contribution in [-0.4, -0.2) is 19.6 Å². The largest absolute Gasteiger partial charge is 0.463 e. The number of hydrogen-bond donors (Lipinski definition) is 1. The number of methoxy groups -OCH3 is 1. The van der Waals surface area contributed by atoms with Crippen LogP contribution < -0.4 is 5.32 Å². The second kappa shape index (κ2) is 4.29. The maximum Gasteiger partial charge on any atom is 0.374 e. The molecular formula is C12H17NO3. The van der Waals surface area contributed by atoms with Crippen molar-refractivity contribution in [2.45, 2.75) is 26.3 Å². The second-order valence-corrected chi connectivity index (χ2v) is 4.68. The summed E-state index contributed by atoms with van der Waals surface area (Å²) in [6.07, 6.45) is 4.09. The average Bonchev–Trinajstić information content (AvgIpc) is 2.82. The number of nitrogens with one attached hydrogen (secondary N) is 1. The highest BCUT2D eigenvalue weighted by atomic mass is 16.5. The number of esters is 1. The highest BCUT2D eigenvalue weighted by Gasteiger charge is 2.36. The molecule has 0 unspecified atom stereocenters. The lowest BCUT2D eigenvalue weighted by atomic mass is 10.1. The SMILES string of the molecule is COC(=O)c1occc1CNCC1(C)CC1. The highest BCUT2D eigenvalue weighted by Crippen LogP contribution is 2.44. The molecule has 0 radical (unpaired) electrons. The van der Waals surface area contributed by atoms with Crippen molar-refractivity contribution in [3.8, 4) is 0 Å². The Bertz CT molecular complexity index is 379. The van der Waals surface area contributed by atoms with E-state index in [2.05, 4.69) is 17.0 Å². The lowest BCUT2D eigenvalue weighted by Gasteiger charge is -2.09. The third kappa shape index (κ3) is 2.44. The predicted octanol–water partition coefficient (Wildman–Crippen LogP) is 1.96. The minimum atomic E-state index is -0.417. The molecule has 0 aliphatic heterocycles. The Morgan fingerprint density at radius 2 is 2.38 bits per heavy atom. The van der Waals surface area contributed by atoms with Gasteiger partial charge in [-0.1, -0.05) is 6.92 Å². The van der Waals surface area contributed by atoms with E-state index in [0.717, 1.165) is 12.1 Å². The molecule has 0 spiro atoms. The Morgan fingerprint density at radius 1 is 1.62 bits per heavy atom. The molecule has 1 heterocycles. The molecule has 0 saturated heterocycles. The van der Waals surface area contributed by atoms with Crippen LogP contribution in [0.2, 0.25) is 0 Å². The fourth-order valence-electron chi connectivity index (χ4n) is 1.64. The molecule has 1 aliphatic rings. The van der Waals surface area contributed by atoms with E-state index in [1.54, 1.807) is 6.07 Å². The van der Waals surface area contributed by atoms with Crippen molar-refractivity contribution in [2.75, 3.05) is 13.7 Å². The Balaban J connectivity index is 1.88. The topological polar surface area (TPSA) is 51.5 Å². The van der Waals surface area contributed by atoms with Crippen molar-refractivity contribution in [1.29, 1.82) is 0 Å². The van der Waals surface area contributed by atoms with Gasteiger partial charge in [0.1, 0.15) is 0 Å². The monoisotopic (exact) mass is 223 g/mol. The van der Waals surface area contributed by atoms with E-state index in [1.165, 1.54) is 26.2 Å². The Morgan fingerprint density at radius 3 is 3.00 bits per heavy atom. The molecule has 1 aromatic heterocycles. The van der Waals surface area contributed by atoms with Crippen LogP contribution in [0.4, 0.5) is 0 Å². The van der Waals surface area contributed by atoms with E-state index in [-0.39, 0.29) is 0 Å². The number of furan rings is 1. The first-order chi connectivity index (χ1) is 7.64. The second-order valence-electron chi connectivity index (χ2n) is 4.68. The van der Waals surface area contributed by atoms with Crippen molar-refractivity contribution in [1.82, 2.24) is 5.32 Å². The van der Waals surface area contributed by atoms with Crippen LogP contribution in [0.1, 0.15) is 35.9 Å². The average molecular weight is 223 g/mol. The molecule has 0 amide bonds. The van der Waals surface area contributed by atoms with Gasteiger partial charge in [-0.15, -0.1) is 0 Å². The molecule has 2 rings (SSSR count). The molecule has 16 heavy (non-hydrogen) atoms. The van der Waals surface area contributed by atoms with Crippen LogP contribution in [0, 0.1) is 5.41 Å². The van der Waals surface area contributed by atoms with E-state index in [1.807, 2.05) is 0 Å². The van der Waals surface area contributed by atoms with Crippen molar-refractivity contribution in [3.63, 3.8) is 0 Å². The predicted molar refractivity (Wildman–Crippen MR) is 59.1 cm³/mol. The standard InChI is InChI=1S/C12H17NO3/c1-12(4-5-12)8-13-7-9-3-6-16-10(9)11(14)15-2/h3,6,13H,4-5,7-8H2,1-2H3. The number of carbonyl (C=O) groups is 1. The van der Waals surface area contributed by atoms with Crippen molar-refractivity contribution in [2.24, 2.45) is 5.41 Å². The number of carbonyl (C=O) groups excluding carboxylic acids is 1. The summed E-state index contributed by atoms with van der Waals surface area (Å²) in [5, 5.41) is 3.34. The lowest BCUT2D eigenvalue weighted by molar-refractivity contribution is 0.0563. The van der Waals surface area contributed by atoms with Gasteiger partial charge in [-0.25, -0.2) is 4.79 Å². The van der Waals surface area contributed by atoms with E-state index in [4.69, 9.17) is 4.42 Å². The van der Waals surface area contributed by atoms with Crippen LogP contribution in [0.15, 0.2) is 16.7 Å². The summed E-state index contributed by atoms with van der Waals surface area (Å²) < 4.78 is 9.74. The number of rotatable bonds is 5. The smallest absolute Gasteiger partial charge is 0.374 e. The van der Waals surface area contributed by atoms with Crippen LogP contribution >= 0.6 is 0 Å². The molecule has 1 fully saturated rings. The third-order valence-electron chi connectivity index (χ3n) is 3.09. The maximum absolute atomic E-state index is 11.3. The van der Waals surface area contributed by atoms with Crippen LogP contribution in [0.25, 0.3) is 0 Å². The molecule has 4 heteroatoms. The summed E-state index contributed by atoms with van der Waals surface area (Å²) in [6.45, 7) is 3.89. The van der Waals surface area contributed by atoms with Gasteiger partial charge in [-0.3, -0.25) is 0 Å². The van der Waals surface area contributed by atoms with Crippen LogP contribution in [0.5, 0.6) is 0 Å². The van der Waals surface area contributed by atoms with Gasteiger partial charge in [0.2, 0.25) is 5.76 Å². The maximum atomic E-state index is 11.3. The third-order valence-corrected chi connectivity index (χ3v) is 3.09. The van der Waals surface area contributed by atoms with Crippen LogP contribution in [-0.2, 0) is 11.3 Å². The number of hydrogen-bond acceptors (Lipinski definition) is 4. The molecule has 1 N–H and O–H groups in total. The van der Waals surface area contributed by atoms with Crippen molar-refractivity contribution in [3.05, 3.63) is 23.7 Å². The summed E-state index contributed by atoms with van der Waals surface area (Å²) >= 11 is 0. The Labute approximate surface area is 95.0 Å². The van der Waals surface area contributed by atoms with Crippen LogP contribution in [0.3, 0.4) is 0 Å². The molecular weight excluding hydrogens is 206 g/mol. The fraction of sp³-hybridized carbons (Fsp3) is 0.583. The van der Waals surface area contributed by atoms with Gasteiger partial charge in [0.15, 0.2) is 0 Å². The molecule has 4 nitrogen and oxygen atoms in total. The minimum absolute atomic E-state index is 0.302. The fourth-order valence-corrected chi connectivity index (χ4v) is 1.64. The van der Waals surface area contributed by atoms with E-state index >= 15 is 0 Å². The quantitative estimate of drug-likeness (QED) is 0.775. The zero-order valence-corrected chi connectivity index (χ0v) is 9.71. The van der Waals surface area contributed by atoms with Gasteiger partial charge in [0.25, 0.3) is 0 Å². The lowest BCUT2D eigenvalue weighted by Crippen LogP contribution is -2.22.